The Balaban J connectivity index is 1.64. The summed E-state index contributed by atoms with van der Waals surface area (Å²) in [6.07, 6.45) is -8.95. The van der Waals surface area contributed by atoms with Gasteiger partial charge in [-0.25, -0.2) is 30.7 Å². The number of alkyl halides is 5. The van der Waals surface area contributed by atoms with Crippen LogP contribution in [0.2, 0.25) is 0 Å². The molecule has 4 aromatic rings. The third-order valence-electron chi connectivity index (χ3n) is 6.13. The number of ether oxygens (including phenoxy) is 1. The van der Waals surface area contributed by atoms with Crippen LogP contribution in [-0.4, -0.2) is 6.18 Å². The summed E-state index contributed by atoms with van der Waals surface area (Å²) in [5.74, 6) is -9.75. The highest BCUT2D eigenvalue weighted by Crippen LogP contribution is 2.38. The summed E-state index contributed by atoms with van der Waals surface area (Å²) in [5.41, 5.74) is -5.71. The first-order chi connectivity index (χ1) is 20.5. The molecule has 0 saturated heterocycles. The molecule has 44 heavy (non-hydrogen) atoms. The normalized spacial score (nSPS) is 11.8. The van der Waals surface area contributed by atoms with Crippen LogP contribution in [0.1, 0.15) is 30.0 Å². The zero-order valence-corrected chi connectivity index (χ0v) is 22.1. The van der Waals surface area contributed by atoms with Crippen molar-refractivity contribution in [1.82, 2.24) is 0 Å². The van der Waals surface area contributed by atoms with Crippen molar-refractivity contribution in [3.05, 3.63) is 112 Å². The van der Waals surface area contributed by atoms with Crippen molar-refractivity contribution >= 4 is 0 Å². The van der Waals surface area contributed by atoms with Crippen LogP contribution < -0.4 is 4.74 Å². The Bertz CT molecular complexity index is 1730. The second-order valence-corrected chi connectivity index (χ2v) is 9.32. The quantitative estimate of drug-likeness (QED) is 0.146. The Morgan fingerprint density at radius 1 is 0.636 bits per heavy atom. The van der Waals surface area contributed by atoms with E-state index in [9.17, 15) is 52.7 Å². The first kappa shape index (κ1) is 32.3. The highest BCUT2D eigenvalue weighted by molar-refractivity contribution is 5.73. The van der Waals surface area contributed by atoms with Gasteiger partial charge in [-0.3, -0.25) is 0 Å². The van der Waals surface area contributed by atoms with Crippen LogP contribution in [0.3, 0.4) is 0 Å². The average Bonchev–Trinajstić information content (AvgIpc) is 2.86. The highest BCUT2D eigenvalue weighted by Gasteiger charge is 2.41. The maximum Gasteiger partial charge on any atom is 0.458 e. The third kappa shape index (κ3) is 6.96. The lowest BCUT2D eigenvalue weighted by Crippen LogP contribution is -2.25. The minimum Gasteiger partial charge on any atom is -0.429 e. The van der Waals surface area contributed by atoms with Gasteiger partial charge in [0, 0.05) is 17.6 Å². The molecule has 0 aliphatic carbocycles. The van der Waals surface area contributed by atoms with Gasteiger partial charge in [-0.05, 0) is 71.6 Å². The number of hydrogen-bond donors (Lipinski definition) is 0. The molecule has 0 radical (unpaired) electrons. The van der Waals surface area contributed by atoms with Crippen LogP contribution in [-0.2, 0) is 12.5 Å². The van der Waals surface area contributed by atoms with E-state index in [2.05, 4.69) is 4.74 Å². The van der Waals surface area contributed by atoms with Gasteiger partial charge in [0.15, 0.2) is 0 Å². The van der Waals surface area contributed by atoms with E-state index in [1.807, 2.05) is 0 Å². The fourth-order valence-electron chi connectivity index (χ4n) is 4.30. The molecule has 13 heteroatoms. The molecular weight excluding hydrogens is 616 g/mol. The van der Waals surface area contributed by atoms with Gasteiger partial charge >= 0.3 is 12.3 Å². The SMILES string of the molecule is CCCc1cc(F)c(C(F)(F)Oc2ccc(-c3cc(F)c(-c4cc(F)c(C#CC(F)(F)F)c(F)c4)c(F)c3)c(F)c2)c(F)c1. The lowest BCUT2D eigenvalue weighted by atomic mass is 9.97. The van der Waals surface area contributed by atoms with Gasteiger partial charge in [0.1, 0.15) is 52.0 Å². The molecule has 0 spiro atoms. The van der Waals surface area contributed by atoms with Gasteiger partial charge in [0.25, 0.3) is 0 Å². The Morgan fingerprint density at radius 2 is 1.18 bits per heavy atom. The molecule has 230 valence electrons. The van der Waals surface area contributed by atoms with Crippen molar-refractivity contribution < 1.29 is 57.4 Å². The van der Waals surface area contributed by atoms with Crippen LogP contribution >= 0.6 is 0 Å². The zero-order chi connectivity index (χ0) is 32.6. The Morgan fingerprint density at radius 3 is 1.68 bits per heavy atom. The van der Waals surface area contributed by atoms with Crippen molar-refractivity contribution in [1.29, 1.82) is 0 Å². The standard InChI is InChI=1S/C31H16F12O/c1-2-3-15-8-26(37)29(27(38)9-15)31(42,43)44-18-4-5-19(23(34)14-18)16-10-24(35)28(25(36)11-16)17-12-21(32)20(22(33)13-17)6-7-30(39,40)41/h4-5,8-14H,2-3H2,1H3. The predicted molar refractivity (Wildman–Crippen MR) is 135 cm³/mol. The van der Waals surface area contributed by atoms with Gasteiger partial charge in [-0.2, -0.15) is 22.0 Å². The molecule has 4 rings (SSSR count). The molecule has 0 amide bonds. The van der Waals surface area contributed by atoms with Crippen LogP contribution in [0, 0.1) is 52.6 Å². The summed E-state index contributed by atoms with van der Waals surface area (Å²) < 4.78 is 173. The van der Waals surface area contributed by atoms with E-state index in [4.69, 9.17) is 0 Å². The van der Waals surface area contributed by atoms with E-state index < -0.39 is 92.1 Å². The summed E-state index contributed by atoms with van der Waals surface area (Å²) in [4.78, 5) is 0. The summed E-state index contributed by atoms with van der Waals surface area (Å²) in [7, 11) is 0. The molecule has 0 bridgehead atoms. The average molecular weight is 632 g/mol. The fraction of sp³-hybridized carbons (Fsp3) is 0.161. The molecule has 0 aromatic heterocycles. The fourth-order valence-corrected chi connectivity index (χ4v) is 4.30. The molecule has 0 fully saturated rings. The van der Waals surface area contributed by atoms with Crippen LogP contribution in [0.5, 0.6) is 5.75 Å². The number of aryl methyl sites for hydroxylation is 1. The number of benzene rings is 4. The monoisotopic (exact) mass is 632 g/mol. The van der Waals surface area contributed by atoms with Gasteiger partial charge in [-0.15, -0.1) is 0 Å². The van der Waals surface area contributed by atoms with E-state index in [0.717, 1.165) is 24.3 Å². The third-order valence-corrected chi connectivity index (χ3v) is 6.13. The van der Waals surface area contributed by atoms with Gasteiger partial charge in [0.05, 0.1) is 11.1 Å². The van der Waals surface area contributed by atoms with Crippen molar-refractivity contribution in [3.8, 4) is 39.8 Å². The molecule has 4 aromatic carbocycles. The lowest BCUT2D eigenvalue weighted by Gasteiger charge is -2.20. The zero-order valence-electron chi connectivity index (χ0n) is 22.1. The minimum absolute atomic E-state index is 0.130. The van der Waals surface area contributed by atoms with E-state index in [-0.39, 0.29) is 12.0 Å². The van der Waals surface area contributed by atoms with Gasteiger partial charge in [-0.1, -0.05) is 19.3 Å². The molecule has 0 aliphatic rings. The summed E-state index contributed by atoms with van der Waals surface area (Å²) in [5, 5.41) is 0. The van der Waals surface area contributed by atoms with E-state index in [1.54, 1.807) is 6.92 Å². The molecule has 0 N–H and O–H groups in total. The van der Waals surface area contributed by atoms with Crippen molar-refractivity contribution in [2.75, 3.05) is 0 Å². The highest BCUT2D eigenvalue weighted by atomic mass is 19.4. The second-order valence-electron chi connectivity index (χ2n) is 9.32. The topological polar surface area (TPSA) is 9.23 Å². The molecule has 0 aliphatic heterocycles. The molecule has 0 atom stereocenters. The van der Waals surface area contributed by atoms with Crippen molar-refractivity contribution in [2.45, 2.75) is 32.1 Å². The summed E-state index contributed by atoms with van der Waals surface area (Å²) in [6, 6.07) is 5.11. The Labute approximate surface area is 241 Å². The smallest absolute Gasteiger partial charge is 0.429 e. The van der Waals surface area contributed by atoms with E-state index in [1.165, 1.54) is 5.92 Å². The number of rotatable bonds is 7. The first-order valence-corrected chi connectivity index (χ1v) is 12.4. The van der Waals surface area contributed by atoms with Gasteiger partial charge in [0.2, 0.25) is 0 Å². The predicted octanol–water partition coefficient (Wildman–Crippen LogP) is 9.99. The lowest BCUT2D eigenvalue weighted by molar-refractivity contribution is -0.189. The molecular formula is C31H16F12O. The van der Waals surface area contributed by atoms with Gasteiger partial charge < -0.3 is 4.74 Å². The molecule has 1 nitrogen and oxygen atoms in total. The van der Waals surface area contributed by atoms with Crippen LogP contribution in [0.4, 0.5) is 52.7 Å². The molecule has 0 heterocycles. The van der Waals surface area contributed by atoms with Crippen LogP contribution in [0.25, 0.3) is 22.3 Å². The maximum atomic E-state index is 14.9. The maximum absolute atomic E-state index is 14.9. The molecule has 0 unspecified atom stereocenters. The first-order valence-electron chi connectivity index (χ1n) is 12.4. The van der Waals surface area contributed by atoms with Crippen LogP contribution in [0.15, 0.2) is 54.6 Å². The minimum atomic E-state index is -5.07. The van der Waals surface area contributed by atoms with Crippen molar-refractivity contribution in [2.24, 2.45) is 0 Å². The Kier molecular flexibility index (Phi) is 8.95. The van der Waals surface area contributed by atoms with E-state index in [0.29, 0.717) is 42.7 Å². The van der Waals surface area contributed by atoms with Crippen molar-refractivity contribution in [3.63, 3.8) is 0 Å². The summed E-state index contributed by atoms with van der Waals surface area (Å²) in [6.45, 7) is 1.71. The summed E-state index contributed by atoms with van der Waals surface area (Å²) >= 11 is 0. The molecule has 0 saturated carbocycles. The van der Waals surface area contributed by atoms with E-state index >= 15 is 0 Å². The number of hydrogen-bond acceptors (Lipinski definition) is 1. The Hall–Kier alpha value is -4.60. The second kappa shape index (κ2) is 12.2. The number of halogens is 12. The largest absolute Gasteiger partial charge is 0.458 e.